The summed E-state index contributed by atoms with van der Waals surface area (Å²) in [6.45, 7) is 1.95. The standard InChI is InChI=1S/C17H24N2O2/c1-21-15-8-6-13(7-9-15)16-5-3-11-19(16)17(20)12-14-4-2-10-18-14/h6-9,14,16,18H,2-5,10-12H2,1H3. The number of amides is 1. The van der Waals surface area contributed by atoms with E-state index in [9.17, 15) is 4.79 Å². The van der Waals surface area contributed by atoms with Crippen molar-refractivity contribution in [2.75, 3.05) is 20.2 Å². The number of hydrogen-bond acceptors (Lipinski definition) is 3. The van der Waals surface area contributed by atoms with E-state index in [1.807, 2.05) is 12.1 Å². The number of carbonyl (C=O) groups is 1. The lowest BCUT2D eigenvalue weighted by Crippen LogP contribution is -2.35. The minimum Gasteiger partial charge on any atom is -0.497 e. The highest BCUT2D eigenvalue weighted by atomic mass is 16.5. The van der Waals surface area contributed by atoms with E-state index in [2.05, 4.69) is 22.3 Å². The SMILES string of the molecule is COc1ccc(C2CCCN2C(=O)CC2CCCN2)cc1. The molecule has 2 fully saturated rings. The van der Waals surface area contributed by atoms with Crippen molar-refractivity contribution in [2.24, 2.45) is 0 Å². The number of methoxy groups -OCH3 is 1. The van der Waals surface area contributed by atoms with E-state index in [1.54, 1.807) is 7.11 Å². The third kappa shape index (κ3) is 3.21. The normalized spacial score (nSPS) is 25.3. The summed E-state index contributed by atoms with van der Waals surface area (Å²) in [6, 6.07) is 8.76. The zero-order valence-electron chi connectivity index (χ0n) is 12.7. The number of hydrogen-bond donors (Lipinski definition) is 1. The second-order valence-electron chi connectivity index (χ2n) is 6.02. The molecule has 2 atom stereocenters. The van der Waals surface area contributed by atoms with Gasteiger partial charge in [0, 0.05) is 19.0 Å². The molecule has 0 radical (unpaired) electrons. The molecule has 2 aliphatic rings. The third-order valence-electron chi connectivity index (χ3n) is 4.66. The van der Waals surface area contributed by atoms with Crippen molar-refractivity contribution in [3.05, 3.63) is 29.8 Å². The molecule has 3 rings (SSSR count). The van der Waals surface area contributed by atoms with Gasteiger partial charge in [0.25, 0.3) is 0 Å². The van der Waals surface area contributed by atoms with Crippen LogP contribution in [-0.2, 0) is 4.79 Å². The van der Waals surface area contributed by atoms with Gasteiger partial charge < -0.3 is 15.0 Å². The quantitative estimate of drug-likeness (QED) is 0.925. The van der Waals surface area contributed by atoms with Gasteiger partial charge in [-0.2, -0.15) is 0 Å². The molecule has 4 nitrogen and oxygen atoms in total. The topological polar surface area (TPSA) is 41.6 Å². The van der Waals surface area contributed by atoms with Crippen LogP contribution in [0, 0.1) is 0 Å². The van der Waals surface area contributed by atoms with Crippen LogP contribution in [0.25, 0.3) is 0 Å². The van der Waals surface area contributed by atoms with Crippen molar-refractivity contribution in [3.8, 4) is 5.75 Å². The van der Waals surface area contributed by atoms with E-state index in [0.717, 1.165) is 38.1 Å². The average Bonchev–Trinajstić information content (AvgIpc) is 3.18. The second-order valence-corrected chi connectivity index (χ2v) is 6.02. The van der Waals surface area contributed by atoms with Crippen LogP contribution in [-0.4, -0.2) is 37.0 Å². The predicted molar refractivity (Wildman–Crippen MR) is 82.3 cm³/mol. The van der Waals surface area contributed by atoms with Gasteiger partial charge in [0.2, 0.25) is 5.91 Å². The molecular weight excluding hydrogens is 264 g/mol. The van der Waals surface area contributed by atoms with Gasteiger partial charge >= 0.3 is 0 Å². The number of nitrogens with zero attached hydrogens (tertiary/aromatic N) is 1. The van der Waals surface area contributed by atoms with E-state index in [-0.39, 0.29) is 6.04 Å². The maximum Gasteiger partial charge on any atom is 0.224 e. The van der Waals surface area contributed by atoms with Crippen LogP contribution in [0.1, 0.15) is 43.7 Å². The molecule has 4 heteroatoms. The molecule has 2 heterocycles. The lowest BCUT2D eigenvalue weighted by atomic mass is 10.0. The smallest absolute Gasteiger partial charge is 0.224 e. The predicted octanol–water partition coefficient (Wildman–Crippen LogP) is 2.50. The van der Waals surface area contributed by atoms with Crippen molar-refractivity contribution in [3.63, 3.8) is 0 Å². The first kappa shape index (κ1) is 14.4. The first-order valence-electron chi connectivity index (χ1n) is 7.95. The molecule has 2 unspecified atom stereocenters. The van der Waals surface area contributed by atoms with Crippen LogP contribution in [0.2, 0.25) is 0 Å². The van der Waals surface area contributed by atoms with Crippen LogP contribution in [0.15, 0.2) is 24.3 Å². The maximum atomic E-state index is 12.6. The highest BCUT2D eigenvalue weighted by Gasteiger charge is 2.31. The van der Waals surface area contributed by atoms with Gasteiger partial charge in [-0.05, 0) is 49.9 Å². The summed E-state index contributed by atoms with van der Waals surface area (Å²) in [5, 5.41) is 3.42. The Labute approximate surface area is 126 Å². The zero-order valence-corrected chi connectivity index (χ0v) is 12.7. The third-order valence-corrected chi connectivity index (χ3v) is 4.66. The van der Waals surface area contributed by atoms with Gasteiger partial charge in [-0.3, -0.25) is 4.79 Å². The Bertz CT molecular complexity index is 480. The van der Waals surface area contributed by atoms with Crippen molar-refractivity contribution in [1.29, 1.82) is 0 Å². The minimum atomic E-state index is 0.241. The van der Waals surface area contributed by atoms with E-state index in [4.69, 9.17) is 4.74 Å². The van der Waals surface area contributed by atoms with Crippen molar-refractivity contribution >= 4 is 5.91 Å². The summed E-state index contributed by atoms with van der Waals surface area (Å²) < 4.78 is 5.21. The van der Waals surface area contributed by atoms with E-state index in [0.29, 0.717) is 18.4 Å². The molecular formula is C17H24N2O2. The fourth-order valence-electron chi connectivity index (χ4n) is 3.50. The van der Waals surface area contributed by atoms with Gasteiger partial charge in [0.05, 0.1) is 13.2 Å². The van der Waals surface area contributed by atoms with Gasteiger partial charge in [-0.25, -0.2) is 0 Å². The Balaban J connectivity index is 1.67. The fraction of sp³-hybridized carbons (Fsp3) is 0.588. The Hall–Kier alpha value is -1.55. The van der Waals surface area contributed by atoms with Crippen LogP contribution >= 0.6 is 0 Å². The highest BCUT2D eigenvalue weighted by Crippen LogP contribution is 2.33. The van der Waals surface area contributed by atoms with Crippen LogP contribution in [0.3, 0.4) is 0 Å². The molecule has 1 aromatic carbocycles. The molecule has 0 spiro atoms. The Kier molecular flexibility index (Phi) is 4.44. The summed E-state index contributed by atoms with van der Waals surface area (Å²) in [4.78, 5) is 14.6. The fourth-order valence-corrected chi connectivity index (χ4v) is 3.50. The average molecular weight is 288 g/mol. The van der Waals surface area contributed by atoms with Crippen LogP contribution < -0.4 is 10.1 Å². The Morgan fingerprint density at radius 1 is 1.29 bits per heavy atom. The van der Waals surface area contributed by atoms with Gasteiger partial charge in [-0.1, -0.05) is 12.1 Å². The Morgan fingerprint density at radius 2 is 2.10 bits per heavy atom. The monoisotopic (exact) mass is 288 g/mol. The molecule has 2 aliphatic heterocycles. The first-order valence-corrected chi connectivity index (χ1v) is 7.95. The number of benzene rings is 1. The summed E-state index contributed by atoms with van der Waals surface area (Å²) in [5.41, 5.74) is 1.22. The van der Waals surface area contributed by atoms with Gasteiger partial charge in [0.1, 0.15) is 5.75 Å². The van der Waals surface area contributed by atoms with Crippen molar-refractivity contribution < 1.29 is 9.53 Å². The van der Waals surface area contributed by atoms with Gasteiger partial charge in [0.15, 0.2) is 0 Å². The first-order chi connectivity index (χ1) is 10.3. The summed E-state index contributed by atoms with van der Waals surface area (Å²) in [5.74, 6) is 1.16. The van der Waals surface area contributed by atoms with Crippen LogP contribution in [0.5, 0.6) is 5.75 Å². The minimum absolute atomic E-state index is 0.241. The highest BCUT2D eigenvalue weighted by molar-refractivity contribution is 5.77. The molecule has 0 aliphatic carbocycles. The summed E-state index contributed by atoms with van der Waals surface area (Å²) >= 11 is 0. The molecule has 1 amide bonds. The van der Waals surface area contributed by atoms with Gasteiger partial charge in [-0.15, -0.1) is 0 Å². The lowest BCUT2D eigenvalue weighted by Gasteiger charge is -2.26. The molecule has 0 bridgehead atoms. The van der Waals surface area contributed by atoms with Crippen molar-refractivity contribution in [2.45, 2.75) is 44.2 Å². The molecule has 2 saturated heterocycles. The largest absolute Gasteiger partial charge is 0.497 e. The van der Waals surface area contributed by atoms with E-state index in [1.165, 1.54) is 12.0 Å². The maximum absolute atomic E-state index is 12.6. The molecule has 1 aromatic rings. The zero-order chi connectivity index (χ0) is 14.7. The number of nitrogens with one attached hydrogen (secondary N) is 1. The molecule has 1 N–H and O–H groups in total. The molecule has 0 saturated carbocycles. The second kappa shape index (κ2) is 6.48. The molecule has 21 heavy (non-hydrogen) atoms. The van der Waals surface area contributed by atoms with E-state index < -0.39 is 0 Å². The number of ether oxygens (including phenoxy) is 1. The number of carbonyl (C=O) groups excluding carboxylic acids is 1. The lowest BCUT2D eigenvalue weighted by molar-refractivity contribution is -0.132. The van der Waals surface area contributed by atoms with Crippen LogP contribution in [0.4, 0.5) is 0 Å². The summed E-state index contributed by atoms with van der Waals surface area (Å²) in [7, 11) is 1.68. The summed E-state index contributed by atoms with van der Waals surface area (Å²) in [6.07, 6.45) is 5.13. The Morgan fingerprint density at radius 3 is 2.76 bits per heavy atom. The molecule has 114 valence electrons. The molecule has 0 aromatic heterocycles. The van der Waals surface area contributed by atoms with Crippen molar-refractivity contribution in [1.82, 2.24) is 10.2 Å². The van der Waals surface area contributed by atoms with E-state index >= 15 is 0 Å². The number of likely N-dealkylation sites (tertiary alicyclic amines) is 1. The number of rotatable bonds is 4.